The summed E-state index contributed by atoms with van der Waals surface area (Å²) in [4.78, 5) is 36.1. The van der Waals surface area contributed by atoms with Gasteiger partial charge in [-0.2, -0.15) is 0 Å². The molecule has 1 aromatic rings. The molecule has 0 saturated carbocycles. The summed E-state index contributed by atoms with van der Waals surface area (Å²) in [5, 5.41) is 2.45. The zero-order valence-electron chi connectivity index (χ0n) is 11.2. The lowest BCUT2D eigenvalue weighted by Crippen LogP contribution is -2.26. The third-order valence-electron chi connectivity index (χ3n) is 2.95. The summed E-state index contributed by atoms with van der Waals surface area (Å²) in [6, 6.07) is 6.84. The highest BCUT2D eigenvalue weighted by Gasteiger charge is 2.22. The Morgan fingerprint density at radius 2 is 2.20 bits per heavy atom. The van der Waals surface area contributed by atoms with Crippen molar-refractivity contribution in [2.24, 2.45) is 0 Å². The molecule has 1 aliphatic rings. The van der Waals surface area contributed by atoms with Crippen molar-refractivity contribution in [1.82, 2.24) is 0 Å². The predicted octanol–water partition coefficient (Wildman–Crippen LogP) is 1.32. The van der Waals surface area contributed by atoms with Crippen LogP contribution in [0.25, 0.3) is 0 Å². The molecule has 1 aromatic carbocycles. The summed E-state index contributed by atoms with van der Waals surface area (Å²) in [5.41, 5.74) is 1.18. The molecule has 0 bridgehead atoms. The summed E-state index contributed by atoms with van der Waals surface area (Å²) in [7, 11) is 0. The molecule has 6 heteroatoms. The monoisotopic (exact) mass is 276 g/mol. The first-order valence-corrected chi connectivity index (χ1v) is 6.50. The predicted molar refractivity (Wildman–Crippen MR) is 73.3 cm³/mol. The number of esters is 1. The fraction of sp³-hybridized carbons (Fsp3) is 0.357. The number of hydrogen-bond donors (Lipinski definition) is 1. The molecule has 6 nitrogen and oxygen atoms in total. The first kappa shape index (κ1) is 14.0. The van der Waals surface area contributed by atoms with E-state index in [1.807, 2.05) is 0 Å². The number of amides is 2. The minimum Gasteiger partial charge on any atom is -0.459 e. The topological polar surface area (TPSA) is 75.7 Å². The van der Waals surface area contributed by atoms with E-state index in [4.69, 9.17) is 0 Å². The number of nitrogens with one attached hydrogen (secondary N) is 1. The summed E-state index contributed by atoms with van der Waals surface area (Å²) < 4.78 is 4.61. The second-order valence-corrected chi connectivity index (χ2v) is 4.37. The molecule has 2 rings (SSSR count). The number of carbonyl (C=O) groups excluding carboxylic acids is 3. The van der Waals surface area contributed by atoms with E-state index in [2.05, 4.69) is 10.1 Å². The number of nitrogens with zero attached hydrogens (tertiary/aromatic N) is 1. The van der Waals surface area contributed by atoms with Crippen molar-refractivity contribution < 1.29 is 19.1 Å². The van der Waals surface area contributed by atoms with Crippen molar-refractivity contribution in [2.45, 2.75) is 19.8 Å². The SMILES string of the molecule is CCOC(=O)C(=O)Nc1cccc(N2CCCC2=O)c1. The van der Waals surface area contributed by atoms with Crippen LogP contribution in [0.4, 0.5) is 11.4 Å². The second kappa shape index (κ2) is 6.18. The van der Waals surface area contributed by atoms with Gasteiger partial charge in [0.05, 0.1) is 6.61 Å². The standard InChI is InChI=1S/C14H16N2O4/c1-2-20-14(19)13(18)15-10-5-3-6-11(9-10)16-8-4-7-12(16)17/h3,5-6,9H,2,4,7-8H2,1H3,(H,15,18). The largest absolute Gasteiger partial charge is 0.459 e. The van der Waals surface area contributed by atoms with E-state index in [1.165, 1.54) is 0 Å². The quantitative estimate of drug-likeness (QED) is 0.667. The summed E-state index contributed by atoms with van der Waals surface area (Å²) in [6.07, 6.45) is 1.37. The van der Waals surface area contributed by atoms with Gasteiger partial charge in [0.15, 0.2) is 0 Å². The Morgan fingerprint density at radius 3 is 2.85 bits per heavy atom. The highest BCUT2D eigenvalue weighted by molar-refractivity contribution is 6.37. The van der Waals surface area contributed by atoms with Crippen molar-refractivity contribution in [3.05, 3.63) is 24.3 Å². The maximum Gasteiger partial charge on any atom is 0.397 e. The van der Waals surface area contributed by atoms with Gasteiger partial charge in [0, 0.05) is 24.3 Å². The zero-order valence-corrected chi connectivity index (χ0v) is 11.2. The van der Waals surface area contributed by atoms with E-state index < -0.39 is 11.9 Å². The molecule has 0 unspecified atom stereocenters. The van der Waals surface area contributed by atoms with E-state index in [9.17, 15) is 14.4 Å². The van der Waals surface area contributed by atoms with Crippen LogP contribution in [0, 0.1) is 0 Å². The number of carbonyl (C=O) groups is 3. The van der Waals surface area contributed by atoms with Crippen molar-refractivity contribution >= 4 is 29.2 Å². The Balaban J connectivity index is 2.08. The normalized spacial score (nSPS) is 14.2. The van der Waals surface area contributed by atoms with Crippen LogP contribution in [-0.4, -0.2) is 30.9 Å². The molecule has 0 atom stereocenters. The lowest BCUT2D eigenvalue weighted by molar-refractivity contribution is -0.152. The number of anilines is 2. The fourth-order valence-corrected chi connectivity index (χ4v) is 2.05. The van der Waals surface area contributed by atoms with Gasteiger partial charge in [0.2, 0.25) is 5.91 Å². The van der Waals surface area contributed by atoms with Gasteiger partial charge in [0.25, 0.3) is 0 Å². The molecule has 1 heterocycles. The van der Waals surface area contributed by atoms with Gasteiger partial charge < -0.3 is 15.0 Å². The number of benzene rings is 1. The maximum absolute atomic E-state index is 11.7. The van der Waals surface area contributed by atoms with Crippen LogP contribution in [0.3, 0.4) is 0 Å². The van der Waals surface area contributed by atoms with Gasteiger partial charge in [-0.25, -0.2) is 4.79 Å². The number of ether oxygens (including phenoxy) is 1. The van der Waals surface area contributed by atoms with Crippen molar-refractivity contribution in [3.63, 3.8) is 0 Å². The molecule has 2 amide bonds. The minimum absolute atomic E-state index is 0.0684. The van der Waals surface area contributed by atoms with Crippen LogP contribution < -0.4 is 10.2 Å². The van der Waals surface area contributed by atoms with Gasteiger partial charge in [-0.1, -0.05) is 6.07 Å². The van der Waals surface area contributed by atoms with E-state index in [-0.39, 0.29) is 12.5 Å². The van der Waals surface area contributed by atoms with Gasteiger partial charge in [0.1, 0.15) is 0 Å². The van der Waals surface area contributed by atoms with E-state index >= 15 is 0 Å². The molecule has 1 aliphatic heterocycles. The Bertz CT molecular complexity index is 542. The Kier molecular flexibility index (Phi) is 4.34. The average Bonchev–Trinajstić information content (AvgIpc) is 2.85. The van der Waals surface area contributed by atoms with Gasteiger partial charge in [-0.3, -0.25) is 9.59 Å². The maximum atomic E-state index is 11.7. The molecular formula is C14H16N2O4. The Hall–Kier alpha value is -2.37. The molecule has 1 N–H and O–H groups in total. The molecule has 1 saturated heterocycles. The summed E-state index contributed by atoms with van der Waals surface area (Å²) >= 11 is 0. The van der Waals surface area contributed by atoms with Gasteiger partial charge >= 0.3 is 11.9 Å². The van der Waals surface area contributed by atoms with Crippen molar-refractivity contribution in [2.75, 3.05) is 23.4 Å². The zero-order chi connectivity index (χ0) is 14.5. The van der Waals surface area contributed by atoms with Crippen LogP contribution in [-0.2, 0) is 19.1 Å². The first-order chi connectivity index (χ1) is 9.61. The summed E-state index contributed by atoms with van der Waals surface area (Å²) in [6.45, 7) is 2.45. The summed E-state index contributed by atoms with van der Waals surface area (Å²) in [5.74, 6) is -1.68. The van der Waals surface area contributed by atoms with Gasteiger partial charge in [-0.05, 0) is 31.5 Å². The molecule has 20 heavy (non-hydrogen) atoms. The molecule has 1 fully saturated rings. The van der Waals surface area contributed by atoms with Crippen molar-refractivity contribution in [1.29, 1.82) is 0 Å². The average molecular weight is 276 g/mol. The van der Waals surface area contributed by atoms with E-state index in [1.54, 1.807) is 36.1 Å². The van der Waals surface area contributed by atoms with Crippen molar-refractivity contribution in [3.8, 4) is 0 Å². The molecule has 0 radical (unpaired) electrons. The van der Waals surface area contributed by atoms with Crippen LogP contribution in [0.2, 0.25) is 0 Å². The lowest BCUT2D eigenvalue weighted by Gasteiger charge is -2.16. The third kappa shape index (κ3) is 3.14. The molecule has 0 spiro atoms. The Morgan fingerprint density at radius 1 is 1.40 bits per heavy atom. The number of rotatable bonds is 3. The molecule has 0 aromatic heterocycles. The smallest absolute Gasteiger partial charge is 0.397 e. The highest BCUT2D eigenvalue weighted by atomic mass is 16.5. The van der Waals surface area contributed by atoms with Crippen LogP contribution in [0.1, 0.15) is 19.8 Å². The van der Waals surface area contributed by atoms with E-state index in [0.29, 0.717) is 24.3 Å². The lowest BCUT2D eigenvalue weighted by atomic mass is 10.2. The molecule has 0 aliphatic carbocycles. The fourth-order valence-electron chi connectivity index (χ4n) is 2.05. The first-order valence-electron chi connectivity index (χ1n) is 6.50. The number of hydrogen-bond acceptors (Lipinski definition) is 4. The Labute approximate surface area is 116 Å². The van der Waals surface area contributed by atoms with Crippen LogP contribution >= 0.6 is 0 Å². The van der Waals surface area contributed by atoms with Crippen LogP contribution in [0.15, 0.2) is 24.3 Å². The highest BCUT2D eigenvalue weighted by Crippen LogP contribution is 2.24. The van der Waals surface area contributed by atoms with E-state index in [0.717, 1.165) is 6.42 Å². The van der Waals surface area contributed by atoms with Gasteiger partial charge in [-0.15, -0.1) is 0 Å². The minimum atomic E-state index is -0.921. The molecular weight excluding hydrogens is 260 g/mol. The second-order valence-electron chi connectivity index (χ2n) is 4.37. The molecule has 106 valence electrons. The van der Waals surface area contributed by atoms with Crippen LogP contribution in [0.5, 0.6) is 0 Å². The third-order valence-corrected chi connectivity index (χ3v) is 2.95.